The number of hydrogen-bond donors (Lipinski definition) is 2. The van der Waals surface area contributed by atoms with Crippen LogP contribution >= 0.6 is 11.9 Å². The van der Waals surface area contributed by atoms with Gasteiger partial charge in [-0.3, -0.25) is 4.72 Å². The maximum absolute atomic E-state index is 13.8. The van der Waals surface area contributed by atoms with Gasteiger partial charge in [-0.1, -0.05) is 11.9 Å². The monoisotopic (exact) mass is 420 g/mol. The molecule has 0 saturated heterocycles. The van der Waals surface area contributed by atoms with Crippen LogP contribution < -0.4 is 15.2 Å². The average molecular weight is 421 g/mol. The zero-order chi connectivity index (χ0) is 21.8. The van der Waals surface area contributed by atoms with Gasteiger partial charge < -0.3 is 15.2 Å². The van der Waals surface area contributed by atoms with E-state index >= 15 is 0 Å². The Kier molecular flexibility index (Phi) is 7.19. The molecule has 5 nitrogen and oxygen atoms in total. The first kappa shape index (κ1) is 23.0. The highest BCUT2D eigenvalue weighted by atomic mass is 32.2. The van der Waals surface area contributed by atoms with Crippen molar-refractivity contribution in [3.63, 3.8) is 0 Å². The summed E-state index contributed by atoms with van der Waals surface area (Å²) in [5.41, 5.74) is 6.76. The highest BCUT2D eigenvalue weighted by Crippen LogP contribution is 2.32. The Labute approximate surface area is 176 Å². The van der Waals surface area contributed by atoms with Crippen molar-refractivity contribution in [3.05, 3.63) is 53.3 Å². The van der Waals surface area contributed by atoms with Gasteiger partial charge >= 0.3 is 5.97 Å². The Morgan fingerprint density at radius 3 is 2.38 bits per heavy atom. The second-order valence-corrected chi connectivity index (χ2v) is 10.4. The molecule has 0 unspecified atom stereocenters. The number of nitrogens with two attached hydrogens (primary N) is 1. The number of esters is 1. The van der Waals surface area contributed by atoms with E-state index in [9.17, 15) is 9.18 Å². The molecule has 0 bridgehead atoms. The Morgan fingerprint density at radius 1 is 1.07 bits per heavy atom. The summed E-state index contributed by atoms with van der Waals surface area (Å²) in [6.07, 6.45) is 0. The molecular weight excluding hydrogens is 391 g/mol. The van der Waals surface area contributed by atoms with Crippen LogP contribution in [0.1, 0.15) is 57.5 Å². The maximum atomic E-state index is 13.8. The molecule has 0 saturated carbocycles. The summed E-state index contributed by atoms with van der Waals surface area (Å²) < 4.78 is 28.4. The highest BCUT2D eigenvalue weighted by molar-refractivity contribution is 7.98. The van der Waals surface area contributed by atoms with E-state index in [0.29, 0.717) is 34.9 Å². The first-order valence-corrected chi connectivity index (χ1v) is 10.2. The molecule has 0 aliphatic heterocycles. The summed E-state index contributed by atoms with van der Waals surface area (Å²) in [5.74, 6) is -0.0542. The third-order valence-corrected chi connectivity index (χ3v) is 4.43. The second-order valence-electron chi connectivity index (χ2n) is 8.64. The maximum Gasteiger partial charge on any atom is 0.338 e. The van der Waals surface area contributed by atoms with Gasteiger partial charge in [0, 0.05) is 16.9 Å². The van der Waals surface area contributed by atoms with Gasteiger partial charge in [0.15, 0.2) is 5.75 Å². The lowest BCUT2D eigenvalue weighted by Gasteiger charge is -2.20. The van der Waals surface area contributed by atoms with Crippen molar-refractivity contribution in [2.45, 2.75) is 58.4 Å². The van der Waals surface area contributed by atoms with Crippen molar-refractivity contribution >= 4 is 23.6 Å². The molecule has 2 rings (SSSR count). The Bertz CT molecular complexity index is 873. The van der Waals surface area contributed by atoms with Crippen LogP contribution in [-0.2, 0) is 11.3 Å². The van der Waals surface area contributed by atoms with E-state index < -0.39 is 11.6 Å². The molecule has 0 radical (unpaired) electrons. The van der Waals surface area contributed by atoms with E-state index in [0.717, 1.165) is 0 Å². The zero-order valence-corrected chi connectivity index (χ0v) is 18.6. The number of nitrogen functional groups attached to an aromatic ring is 1. The summed E-state index contributed by atoms with van der Waals surface area (Å²) in [4.78, 5) is 12.3. The minimum absolute atomic E-state index is 0.0144. The van der Waals surface area contributed by atoms with E-state index in [2.05, 4.69) is 25.5 Å². The van der Waals surface area contributed by atoms with Crippen LogP contribution in [0.2, 0.25) is 0 Å². The smallest absolute Gasteiger partial charge is 0.338 e. The molecule has 0 heterocycles. The predicted octanol–water partition coefficient (Wildman–Crippen LogP) is 5.69. The summed E-state index contributed by atoms with van der Waals surface area (Å²) in [6.45, 7) is 12.0. The second kappa shape index (κ2) is 9.05. The van der Waals surface area contributed by atoms with E-state index in [1.165, 1.54) is 18.2 Å². The third-order valence-electron chi connectivity index (χ3n) is 3.53. The number of hydrogen-bond acceptors (Lipinski definition) is 6. The van der Waals surface area contributed by atoms with Crippen LogP contribution in [0, 0.1) is 5.82 Å². The molecule has 2 aromatic rings. The van der Waals surface area contributed by atoms with Crippen LogP contribution in [0.3, 0.4) is 0 Å². The van der Waals surface area contributed by atoms with E-state index in [-0.39, 0.29) is 10.6 Å². The molecule has 3 N–H and O–H groups in total. The number of rotatable bonds is 6. The predicted molar refractivity (Wildman–Crippen MR) is 117 cm³/mol. The standard InChI is InChI=1S/C22H29FN2O3S/c1-21(2,3)28-20(26)14-7-9-17(24)19(12-14)27-18-10-8-16(23)11-15(18)13-25-29-22(4,5)6/h7-12,25H,13,24H2,1-6H3. The first-order chi connectivity index (χ1) is 13.3. The molecule has 29 heavy (non-hydrogen) atoms. The van der Waals surface area contributed by atoms with Crippen molar-refractivity contribution < 1.29 is 18.7 Å². The summed E-state index contributed by atoms with van der Waals surface area (Å²) in [5, 5.41) is 0. The number of nitrogens with one attached hydrogen (secondary N) is 1. The normalized spacial score (nSPS) is 12.0. The van der Waals surface area contributed by atoms with Crippen molar-refractivity contribution in [2.75, 3.05) is 5.73 Å². The lowest BCUT2D eigenvalue weighted by molar-refractivity contribution is 0.00692. The van der Waals surface area contributed by atoms with Gasteiger partial charge in [-0.15, -0.1) is 0 Å². The molecule has 0 atom stereocenters. The van der Waals surface area contributed by atoms with Crippen molar-refractivity contribution in [3.8, 4) is 11.5 Å². The largest absolute Gasteiger partial charge is 0.456 e. The summed E-state index contributed by atoms with van der Waals surface area (Å²) >= 11 is 1.55. The van der Waals surface area contributed by atoms with E-state index in [1.54, 1.807) is 50.9 Å². The number of carbonyl (C=O) groups excluding carboxylic acids is 1. The van der Waals surface area contributed by atoms with Crippen LogP contribution in [0.25, 0.3) is 0 Å². The number of ether oxygens (including phenoxy) is 2. The van der Waals surface area contributed by atoms with Gasteiger partial charge in [-0.2, -0.15) is 0 Å². The molecule has 0 fully saturated rings. The lowest BCUT2D eigenvalue weighted by atomic mass is 10.1. The van der Waals surface area contributed by atoms with Crippen molar-refractivity contribution in [1.82, 2.24) is 4.72 Å². The number of anilines is 1. The van der Waals surface area contributed by atoms with Gasteiger partial charge in [-0.05, 0) is 77.9 Å². The third kappa shape index (κ3) is 7.59. The Balaban J connectivity index is 2.24. The fourth-order valence-electron chi connectivity index (χ4n) is 2.32. The Morgan fingerprint density at radius 2 is 1.76 bits per heavy atom. The molecule has 7 heteroatoms. The van der Waals surface area contributed by atoms with Crippen LogP contribution in [0.15, 0.2) is 36.4 Å². The highest BCUT2D eigenvalue weighted by Gasteiger charge is 2.19. The number of halogens is 1. The molecule has 0 spiro atoms. The summed E-state index contributed by atoms with van der Waals surface area (Å²) in [6, 6.07) is 9.00. The molecule has 158 valence electrons. The lowest BCUT2D eigenvalue weighted by Crippen LogP contribution is -2.23. The van der Waals surface area contributed by atoms with Gasteiger partial charge in [0.05, 0.1) is 11.3 Å². The van der Waals surface area contributed by atoms with Gasteiger partial charge in [-0.25, -0.2) is 9.18 Å². The minimum Gasteiger partial charge on any atom is -0.456 e. The van der Waals surface area contributed by atoms with E-state index in [1.807, 2.05) is 0 Å². The Hall–Kier alpha value is -2.25. The zero-order valence-electron chi connectivity index (χ0n) is 17.8. The minimum atomic E-state index is -0.611. The van der Waals surface area contributed by atoms with E-state index in [4.69, 9.17) is 15.2 Å². The molecular formula is C22H29FN2O3S. The molecule has 2 aromatic carbocycles. The topological polar surface area (TPSA) is 73.6 Å². The van der Waals surface area contributed by atoms with Crippen LogP contribution in [0.5, 0.6) is 11.5 Å². The van der Waals surface area contributed by atoms with Crippen molar-refractivity contribution in [1.29, 1.82) is 0 Å². The first-order valence-electron chi connectivity index (χ1n) is 9.34. The quantitative estimate of drug-likeness (QED) is 0.355. The number of benzene rings is 2. The molecule has 0 amide bonds. The molecule has 0 aliphatic rings. The SMILES string of the molecule is CC(C)(C)OC(=O)c1ccc(N)c(Oc2ccc(F)cc2CNSC(C)(C)C)c1. The molecule has 0 aromatic heterocycles. The number of carbonyl (C=O) groups is 1. The fourth-order valence-corrected chi connectivity index (χ4v) is 2.98. The summed E-state index contributed by atoms with van der Waals surface area (Å²) in [7, 11) is 0. The van der Waals surface area contributed by atoms with Crippen molar-refractivity contribution in [2.24, 2.45) is 0 Å². The van der Waals surface area contributed by atoms with Gasteiger partial charge in [0.2, 0.25) is 0 Å². The van der Waals surface area contributed by atoms with Crippen LogP contribution in [0.4, 0.5) is 10.1 Å². The van der Waals surface area contributed by atoms with Gasteiger partial charge in [0.25, 0.3) is 0 Å². The van der Waals surface area contributed by atoms with Crippen LogP contribution in [-0.4, -0.2) is 16.3 Å². The molecule has 0 aliphatic carbocycles. The average Bonchev–Trinajstić information content (AvgIpc) is 2.56. The fraction of sp³-hybridized carbons (Fsp3) is 0.409. The van der Waals surface area contributed by atoms with Gasteiger partial charge in [0.1, 0.15) is 17.2 Å².